The van der Waals surface area contributed by atoms with Gasteiger partial charge < -0.3 is 5.32 Å². The highest BCUT2D eigenvalue weighted by molar-refractivity contribution is 7.10. The van der Waals surface area contributed by atoms with E-state index in [1.54, 1.807) is 0 Å². The third-order valence-electron chi connectivity index (χ3n) is 3.07. The normalized spacial score (nSPS) is 13.1. The average Bonchev–Trinajstić information content (AvgIpc) is 2.95. The Morgan fingerprint density at radius 3 is 2.83 bits per heavy atom. The molecule has 0 aliphatic rings. The first kappa shape index (κ1) is 13.3. The Morgan fingerprint density at radius 2 is 2.28 bits per heavy atom. The van der Waals surface area contributed by atoms with E-state index in [1.165, 1.54) is 10.4 Å². The molecule has 1 atom stereocenters. The van der Waals surface area contributed by atoms with Gasteiger partial charge in [0.2, 0.25) is 0 Å². The van der Waals surface area contributed by atoms with Crippen molar-refractivity contribution in [3.8, 4) is 0 Å². The maximum Gasteiger partial charge on any atom is 0.0535 e. The minimum atomic E-state index is 0.444. The van der Waals surface area contributed by atoms with E-state index in [0.717, 1.165) is 18.7 Å². The Balaban J connectivity index is 2.00. The van der Waals surface area contributed by atoms with E-state index in [1.807, 2.05) is 17.5 Å². The summed E-state index contributed by atoms with van der Waals surface area (Å²) in [5, 5.41) is 12.8. The highest BCUT2D eigenvalue weighted by Crippen LogP contribution is 2.25. The maximum atomic E-state index is 4.06. The predicted octanol–water partition coefficient (Wildman–Crippen LogP) is 3.66. The number of aryl methyl sites for hydroxylation is 1. The SMILES string of the molecule is Cc1[nH]ncc1CN[C@@H](CC(C)C)c1cccs1. The summed E-state index contributed by atoms with van der Waals surface area (Å²) in [5.74, 6) is 0.690. The molecular formula is C14H21N3S. The van der Waals surface area contributed by atoms with Gasteiger partial charge in [-0.3, -0.25) is 5.10 Å². The minimum Gasteiger partial charge on any atom is -0.305 e. The molecule has 0 aliphatic heterocycles. The van der Waals surface area contributed by atoms with E-state index in [2.05, 4.69) is 53.8 Å². The van der Waals surface area contributed by atoms with Crippen LogP contribution in [0.1, 0.15) is 42.4 Å². The van der Waals surface area contributed by atoms with Crippen LogP contribution < -0.4 is 5.32 Å². The smallest absolute Gasteiger partial charge is 0.0535 e. The van der Waals surface area contributed by atoms with E-state index in [-0.39, 0.29) is 0 Å². The van der Waals surface area contributed by atoms with Crippen LogP contribution in [0.2, 0.25) is 0 Å². The summed E-state index contributed by atoms with van der Waals surface area (Å²) < 4.78 is 0. The molecule has 0 aliphatic carbocycles. The first-order valence-electron chi connectivity index (χ1n) is 6.42. The third-order valence-corrected chi connectivity index (χ3v) is 4.05. The number of aromatic nitrogens is 2. The first-order valence-corrected chi connectivity index (χ1v) is 7.30. The lowest BCUT2D eigenvalue weighted by molar-refractivity contribution is 0.433. The molecule has 2 aromatic rings. The van der Waals surface area contributed by atoms with Crippen LogP contribution in [0.3, 0.4) is 0 Å². The zero-order valence-corrected chi connectivity index (χ0v) is 12.1. The minimum absolute atomic E-state index is 0.444. The van der Waals surface area contributed by atoms with Gasteiger partial charge in [-0.25, -0.2) is 0 Å². The summed E-state index contributed by atoms with van der Waals surface area (Å²) in [4.78, 5) is 1.42. The Hall–Kier alpha value is -1.13. The van der Waals surface area contributed by atoms with Crippen LogP contribution in [0.15, 0.2) is 23.7 Å². The van der Waals surface area contributed by atoms with Crippen LogP contribution in [0, 0.1) is 12.8 Å². The highest BCUT2D eigenvalue weighted by atomic mass is 32.1. The molecule has 0 unspecified atom stereocenters. The monoisotopic (exact) mass is 263 g/mol. The molecule has 0 saturated heterocycles. The molecule has 0 aromatic carbocycles. The molecule has 2 N–H and O–H groups in total. The van der Waals surface area contributed by atoms with Crippen molar-refractivity contribution >= 4 is 11.3 Å². The molecule has 0 bridgehead atoms. The summed E-state index contributed by atoms with van der Waals surface area (Å²) in [6.45, 7) is 7.47. The van der Waals surface area contributed by atoms with Gasteiger partial charge in [0.05, 0.1) is 6.20 Å². The van der Waals surface area contributed by atoms with Crippen molar-refractivity contribution in [3.05, 3.63) is 39.8 Å². The zero-order chi connectivity index (χ0) is 13.0. The van der Waals surface area contributed by atoms with Crippen LogP contribution in [-0.2, 0) is 6.54 Å². The van der Waals surface area contributed by atoms with Crippen molar-refractivity contribution in [2.75, 3.05) is 0 Å². The number of nitrogens with zero attached hydrogens (tertiary/aromatic N) is 1. The zero-order valence-electron chi connectivity index (χ0n) is 11.2. The van der Waals surface area contributed by atoms with Crippen molar-refractivity contribution in [1.82, 2.24) is 15.5 Å². The fourth-order valence-electron chi connectivity index (χ4n) is 2.05. The van der Waals surface area contributed by atoms with Gasteiger partial charge in [0.1, 0.15) is 0 Å². The Kier molecular flexibility index (Phi) is 4.55. The Labute approximate surface area is 113 Å². The average molecular weight is 263 g/mol. The van der Waals surface area contributed by atoms with Crippen LogP contribution in [0.25, 0.3) is 0 Å². The van der Waals surface area contributed by atoms with Gasteiger partial charge in [-0.15, -0.1) is 11.3 Å². The molecule has 0 amide bonds. The Morgan fingerprint density at radius 1 is 1.44 bits per heavy atom. The number of hydrogen-bond acceptors (Lipinski definition) is 3. The molecule has 18 heavy (non-hydrogen) atoms. The number of aromatic amines is 1. The van der Waals surface area contributed by atoms with Crippen molar-refractivity contribution in [2.24, 2.45) is 5.92 Å². The van der Waals surface area contributed by atoms with Gasteiger partial charge in [-0.05, 0) is 30.7 Å². The molecule has 98 valence electrons. The molecule has 0 saturated carbocycles. The number of nitrogens with one attached hydrogen (secondary N) is 2. The largest absolute Gasteiger partial charge is 0.305 e. The lowest BCUT2D eigenvalue weighted by Gasteiger charge is -2.19. The molecular weight excluding hydrogens is 242 g/mol. The molecule has 2 rings (SSSR count). The lowest BCUT2D eigenvalue weighted by Crippen LogP contribution is -2.21. The lowest BCUT2D eigenvalue weighted by atomic mass is 10.0. The van der Waals surface area contributed by atoms with Crippen LogP contribution in [0.4, 0.5) is 0 Å². The fourth-order valence-corrected chi connectivity index (χ4v) is 2.86. The van der Waals surface area contributed by atoms with Gasteiger partial charge in [-0.1, -0.05) is 19.9 Å². The standard InChI is InChI=1S/C14H21N3S/c1-10(2)7-13(14-5-4-6-18-14)15-8-12-9-16-17-11(12)3/h4-6,9-10,13,15H,7-8H2,1-3H3,(H,16,17)/t13-/m0/s1. The molecule has 0 radical (unpaired) electrons. The fraction of sp³-hybridized carbons (Fsp3) is 0.500. The molecule has 0 fully saturated rings. The van der Waals surface area contributed by atoms with Crippen LogP contribution in [-0.4, -0.2) is 10.2 Å². The van der Waals surface area contributed by atoms with Crippen LogP contribution in [0.5, 0.6) is 0 Å². The first-order chi connectivity index (χ1) is 8.66. The molecule has 2 heterocycles. The summed E-state index contributed by atoms with van der Waals surface area (Å²) in [6.07, 6.45) is 3.07. The second-order valence-corrected chi connectivity index (χ2v) is 6.08. The summed E-state index contributed by atoms with van der Waals surface area (Å²) in [7, 11) is 0. The predicted molar refractivity (Wildman–Crippen MR) is 76.7 cm³/mol. The van der Waals surface area contributed by atoms with Gasteiger partial charge in [-0.2, -0.15) is 5.10 Å². The molecule has 4 heteroatoms. The quantitative estimate of drug-likeness (QED) is 0.835. The summed E-state index contributed by atoms with van der Waals surface area (Å²) >= 11 is 1.83. The van der Waals surface area contributed by atoms with Gasteiger partial charge in [0.25, 0.3) is 0 Å². The molecule has 2 aromatic heterocycles. The summed E-state index contributed by atoms with van der Waals surface area (Å²) in [5.41, 5.74) is 2.40. The summed E-state index contributed by atoms with van der Waals surface area (Å²) in [6, 6.07) is 4.78. The molecule has 0 spiro atoms. The van der Waals surface area contributed by atoms with Crippen molar-refractivity contribution in [2.45, 2.75) is 39.8 Å². The van der Waals surface area contributed by atoms with Gasteiger partial charge >= 0.3 is 0 Å². The van der Waals surface area contributed by atoms with E-state index in [9.17, 15) is 0 Å². The Bertz CT molecular complexity index is 459. The van der Waals surface area contributed by atoms with E-state index in [0.29, 0.717) is 12.0 Å². The number of rotatable bonds is 6. The van der Waals surface area contributed by atoms with Crippen molar-refractivity contribution in [1.29, 1.82) is 0 Å². The topological polar surface area (TPSA) is 40.7 Å². The van der Waals surface area contributed by atoms with Crippen molar-refractivity contribution in [3.63, 3.8) is 0 Å². The van der Waals surface area contributed by atoms with E-state index >= 15 is 0 Å². The second-order valence-electron chi connectivity index (χ2n) is 5.10. The van der Waals surface area contributed by atoms with E-state index in [4.69, 9.17) is 0 Å². The van der Waals surface area contributed by atoms with Crippen molar-refractivity contribution < 1.29 is 0 Å². The maximum absolute atomic E-state index is 4.06. The van der Waals surface area contributed by atoms with Gasteiger partial charge in [0.15, 0.2) is 0 Å². The second kappa shape index (κ2) is 6.16. The number of thiophene rings is 1. The highest BCUT2D eigenvalue weighted by Gasteiger charge is 2.14. The van der Waals surface area contributed by atoms with Crippen LogP contribution >= 0.6 is 11.3 Å². The number of hydrogen-bond donors (Lipinski definition) is 2. The number of H-pyrrole nitrogens is 1. The van der Waals surface area contributed by atoms with Gasteiger partial charge in [0, 0.05) is 28.7 Å². The van der Waals surface area contributed by atoms with E-state index < -0.39 is 0 Å². The molecule has 3 nitrogen and oxygen atoms in total. The third kappa shape index (κ3) is 3.43.